The average molecular weight is 414 g/mol. The number of hydrogen-bond donors (Lipinski definition) is 0. The van der Waals surface area contributed by atoms with Crippen molar-refractivity contribution in [3.05, 3.63) is 91.0 Å². The van der Waals surface area contributed by atoms with Gasteiger partial charge in [0.05, 0.1) is 5.56 Å². The van der Waals surface area contributed by atoms with E-state index in [1.165, 1.54) is 26.1 Å². The first-order chi connectivity index (χ1) is 14.7. The molecule has 0 spiro atoms. The van der Waals surface area contributed by atoms with E-state index >= 15 is 0 Å². The number of thiophene rings is 1. The normalized spacial score (nSPS) is 16.5. The van der Waals surface area contributed by atoms with Crippen molar-refractivity contribution in [1.82, 2.24) is 0 Å². The lowest BCUT2D eigenvalue weighted by Gasteiger charge is -2.33. The van der Waals surface area contributed by atoms with Gasteiger partial charge in [0, 0.05) is 21.2 Å². The number of benzene rings is 3. The average Bonchev–Trinajstić information content (AvgIpc) is 3.14. The highest BCUT2D eigenvalue weighted by atomic mass is 32.2. The molecule has 0 amide bonds. The maximum Gasteiger partial charge on any atom is 0.339 e. The second-order valence-corrected chi connectivity index (χ2v) is 10.0. The molecule has 3 aromatic carbocycles. The van der Waals surface area contributed by atoms with Crippen LogP contribution in [0.15, 0.2) is 85.5 Å². The summed E-state index contributed by atoms with van der Waals surface area (Å²) in [5.74, 6) is -0.247. The fourth-order valence-corrected chi connectivity index (χ4v) is 6.96. The van der Waals surface area contributed by atoms with Crippen molar-refractivity contribution in [3.63, 3.8) is 0 Å². The van der Waals surface area contributed by atoms with Gasteiger partial charge in [-0.1, -0.05) is 43.3 Å². The Morgan fingerprint density at radius 3 is 2.33 bits per heavy atom. The van der Waals surface area contributed by atoms with E-state index in [1.807, 2.05) is 18.2 Å². The van der Waals surface area contributed by atoms with Gasteiger partial charge in [0.15, 0.2) is 14.3 Å². The quantitative estimate of drug-likeness (QED) is 0.194. The predicted molar refractivity (Wildman–Crippen MR) is 127 cm³/mol. The summed E-state index contributed by atoms with van der Waals surface area (Å²) in [7, 11) is -0.146. The van der Waals surface area contributed by atoms with E-state index < -0.39 is 5.60 Å². The number of carbonyl (C=O) groups is 1. The molecule has 0 aliphatic heterocycles. The van der Waals surface area contributed by atoms with E-state index in [4.69, 9.17) is 4.74 Å². The number of rotatable bonds is 4. The summed E-state index contributed by atoms with van der Waals surface area (Å²) in [6, 6.07) is 25.2. The molecule has 1 unspecified atom stereocenters. The van der Waals surface area contributed by atoms with Crippen molar-refractivity contribution in [1.29, 1.82) is 0 Å². The summed E-state index contributed by atoms with van der Waals surface area (Å²) in [4.78, 5) is 14.4. The van der Waals surface area contributed by atoms with Gasteiger partial charge >= 0.3 is 5.97 Å². The van der Waals surface area contributed by atoms with Gasteiger partial charge in [0.2, 0.25) is 0 Å². The maximum atomic E-state index is 13.1. The largest absolute Gasteiger partial charge is 0.451 e. The zero-order chi connectivity index (χ0) is 20.6. The van der Waals surface area contributed by atoms with E-state index in [9.17, 15) is 4.79 Å². The first kappa shape index (κ1) is 19.1. The second-order valence-electron chi connectivity index (χ2n) is 8.05. The Labute approximate surface area is 179 Å². The Morgan fingerprint density at radius 1 is 0.867 bits per heavy atom. The van der Waals surface area contributed by atoms with E-state index in [0.717, 1.165) is 31.1 Å². The van der Waals surface area contributed by atoms with Gasteiger partial charge in [-0.3, -0.25) is 0 Å². The van der Waals surface area contributed by atoms with E-state index in [1.54, 1.807) is 0 Å². The van der Waals surface area contributed by atoms with Crippen LogP contribution in [0, 0.1) is 0 Å². The molecule has 1 aliphatic rings. The number of esters is 1. The van der Waals surface area contributed by atoms with Crippen LogP contribution in [0.1, 0.15) is 42.5 Å². The Balaban J connectivity index is 1.60. The molecule has 3 heteroatoms. The lowest BCUT2D eigenvalue weighted by Crippen LogP contribution is -2.35. The highest BCUT2D eigenvalue weighted by molar-refractivity contribution is 7.50. The summed E-state index contributed by atoms with van der Waals surface area (Å²) in [5.41, 5.74) is 0.106. The maximum absolute atomic E-state index is 13.1. The van der Waals surface area contributed by atoms with Crippen LogP contribution in [-0.4, -0.2) is 11.6 Å². The van der Waals surface area contributed by atoms with Crippen LogP contribution in [0.3, 0.4) is 0 Å². The highest BCUT2D eigenvalue weighted by Crippen LogP contribution is 2.48. The Hall–Kier alpha value is -2.91. The molecule has 1 heterocycles. The second kappa shape index (κ2) is 7.73. The minimum Gasteiger partial charge on any atom is -0.451 e. The number of hydrogen-bond acceptors (Lipinski definition) is 2. The van der Waals surface area contributed by atoms with Gasteiger partial charge in [-0.05, 0) is 74.2 Å². The monoisotopic (exact) mass is 413 g/mol. The van der Waals surface area contributed by atoms with Gasteiger partial charge in [-0.15, -0.1) is 0 Å². The summed E-state index contributed by atoms with van der Waals surface area (Å²) >= 11 is 0. The minimum absolute atomic E-state index is 0.146. The van der Waals surface area contributed by atoms with Crippen molar-refractivity contribution in [2.45, 2.75) is 37.7 Å². The molecule has 0 saturated heterocycles. The molecular weight excluding hydrogens is 388 g/mol. The first-order valence-electron chi connectivity index (χ1n) is 10.6. The Morgan fingerprint density at radius 2 is 1.57 bits per heavy atom. The molecule has 30 heavy (non-hydrogen) atoms. The molecule has 0 bridgehead atoms. The molecule has 5 rings (SSSR count). The predicted octanol–water partition coefficient (Wildman–Crippen LogP) is 7.78. The lowest BCUT2D eigenvalue weighted by molar-refractivity contribution is -0.0112. The molecule has 4 aromatic rings. The topological polar surface area (TPSA) is 26.3 Å². The smallest absolute Gasteiger partial charge is 0.339 e. The van der Waals surface area contributed by atoms with E-state index in [2.05, 4.69) is 67.2 Å². The van der Waals surface area contributed by atoms with Crippen LogP contribution in [-0.2, 0) is 4.74 Å². The van der Waals surface area contributed by atoms with Gasteiger partial charge in [0.25, 0.3) is 0 Å². The van der Waals surface area contributed by atoms with Crippen molar-refractivity contribution >= 4 is 36.6 Å². The lowest BCUT2D eigenvalue weighted by atomic mass is 9.84. The van der Waals surface area contributed by atoms with Crippen LogP contribution in [0.4, 0.5) is 0 Å². The molecule has 1 saturated carbocycles. The molecule has 1 aliphatic carbocycles. The summed E-state index contributed by atoms with van der Waals surface area (Å²) in [6.45, 7) is 3.96. The van der Waals surface area contributed by atoms with Gasteiger partial charge in [-0.2, -0.15) is 0 Å². The van der Waals surface area contributed by atoms with E-state index in [0.29, 0.717) is 5.56 Å². The Kier molecular flexibility index (Phi) is 4.92. The third-order valence-corrected chi connectivity index (χ3v) is 8.51. The fourth-order valence-electron chi connectivity index (χ4n) is 4.58. The standard InChI is InChI=1S/C27H25O2S/c1-2-27(17-9-4-10-18-27)29-26(28)20-15-16-25-23(19-20)22-13-7-8-14-24(22)30(25)21-11-5-3-6-12-21/h2-3,5-8,11-16,19H,1,4,9-10,17-18H2/q+1. The van der Waals surface area contributed by atoms with Gasteiger partial charge in [0.1, 0.15) is 5.60 Å². The number of fused-ring (bicyclic) bond motifs is 3. The van der Waals surface area contributed by atoms with Crippen molar-refractivity contribution < 1.29 is 9.53 Å². The Bertz CT molecular complexity index is 1230. The number of ether oxygens (including phenoxy) is 1. The van der Waals surface area contributed by atoms with Gasteiger partial charge in [-0.25, -0.2) is 4.79 Å². The molecule has 1 atom stereocenters. The van der Waals surface area contributed by atoms with Crippen LogP contribution in [0.5, 0.6) is 0 Å². The third-order valence-electron chi connectivity index (χ3n) is 6.18. The van der Waals surface area contributed by atoms with Crippen molar-refractivity contribution in [3.8, 4) is 4.90 Å². The van der Waals surface area contributed by atoms with Crippen LogP contribution in [0.25, 0.3) is 25.1 Å². The molecule has 0 radical (unpaired) electrons. The minimum atomic E-state index is -0.513. The molecule has 1 aromatic heterocycles. The summed E-state index contributed by atoms with van der Waals surface area (Å²) in [6.07, 6.45) is 6.93. The number of carbonyl (C=O) groups excluding carboxylic acids is 1. The SMILES string of the molecule is C=CC1(OC(=O)c2ccc3c(c2)c2ccccc2[s+]3-c2ccccc2)CCCCC1. The molecule has 150 valence electrons. The van der Waals surface area contributed by atoms with Gasteiger partial charge < -0.3 is 4.74 Å². The molecule has 2 nitrogen and oxygen atoms in total. The van der Waals surface area contributed by atoms with Crippen molar-refractivity contribution in [2.24, 2.45) is 0 Å². The van der Waals surface area contributed by atoms with E-state index in [-0.39, 0.29) is 16.4 Å². The first-order valence-corrected chi connectivity index (χ1v) is 11.8. The summed E-state index contributed by atoms with van der Waals surface area (Å²) in [5, 5.41) is 2.36. The fraction of sp³-hybridized carbons (Fsp3) is 0.222. The molecule has 1 fully saturated rings. The summed E-state index contributed by atoms with van der Waals surface area (Å²) < 4.78 is 8.61. The van der Waals surface area contributed by atoms with Crippen LogP contribution in [0.2, 0.25) is 0 Å². The van der Waals surface area contributed by atoms with Crippen LogP contribution >= 0.6 is 10.5 Å². The highest BCUT2D eigenvalue weighted by Gasteiger charge is 2.33. The molecule has 0 N–H and O–H groups in total. The zero-order valence-electron chi connectivity index (χ0n) is 17.0. The third kappa shape index (κ3) is 3.23. The van der Waals surface area contributed by atoms with Crippen LogP contribution < -0.4 is 0 Å². The molecular formula is C27H25O2S+. The van der Waals surface area contributed by atoms with Crippen molar-refractivity contribution in [2.75, 3.05) is 0 Å². The zero-order valence-corrected chi connectivity index (χ0v) is 17.8.